The molecule has 1 atom stereocenters. The maximum Gasteiger partial charge on any atom is 0.127 e. The van der Waals surface area contributed by atoms with E-state index in [4.69, 9.17) is 4.74 Å². The van der Waals surface area contributed by atoms with Crippen LogP contribution in [0.4, 0.5) is 0 Å². The van der Waals surface area contributed by atoms with Gasteiger partial charge in [0.05, 0.1) is 12.0 Å². The standard InChI is InChI=1S/C32H39NO2S/c1-20(2)33-36(34)28-17-11-22-19-24(32(6,7)8)13-15-26(22)30(28)29-25-14-12-23(31(3,4)5)18-21(25)10-16-27(29)35-9/h10-20,33H,1-9H3. The Morgan fingerprint density at radius 3 is 1.69 bits per heavy atom. The molecule has 36 heavy (non-hydrogen) atoms. The van der Waals surface area contributed by atoms with Gasteiger partial charge in [-0.2, -0.15) is 0 Å². The molecule has 0 saturated heterocycles. The van der Waals surface area contributed by atoms with Gasteiger partial charge in [-0.25, -0.2) is 8.93 Å². The predicted octanol–water partition coefficient (Wildman–Crippen LogP) is 8.28. The minimum Gasteiger partial charge on any atom is -0.496 e. The van der Waals surface area contributed by atoms with Gasteiger partial charge in [0.1, 0.15) is 16.7 Å². The van der Waals surface area contributed by atoms with E-state index in [0.717, 1.165) is 43.3 Å². The van der Waals surface area contributed by atoms with E-state index < -0.39 is 11.0 Å². The van der Waals surface area contributed by atoms with Gasteiger partial charge in [0.15, 0.2) is 0 Å². The summed E-state index contributed by atoms with van der Waals surface area (Å²) in [6.07, 6.45) is 0. The molecule has 3 nitrogen and oxygen atoms in total. The van der Waals surface area contributed by atoms with Gasteiger partial charge in [0.25, 0.3) is 0 Å². The molecular formula is C32H39NO2S. The Morgan fingerprint density at radius 1 is 0.722 bits per heavy atom. The van der Waals surface area contributed by atoms with Crippen molar-refractivity contribution in [2.45, 2.75) is 77.2 Å². The third-order valence-corrected chi connectivity index (χ3v) is 8.13. The first-order valence-corrected chi connectivity index (χ1v) is 13.8. The number of benzene rings is 4. The van der Waals surface area contributed by atoms with Gasteiger partial charge in [-0.05, 0) is 69.5 Å². The molecule has 1 N–H and O–H groups in total. The van der Waals surface area contributed by atoms with Crippen LogP contribution >= 0.6 is 0 Å². The third-order valence-electron chi connectivity index (χ3n) is 6.71. The van der Waals surface area contributed by atoms with Gasteiger partial charge in [-0.1, -0.05) is 90.1 Å². The van der Waals surface area contributed by atoms with Crippen molar-refractivity contribution in [2.75, 3.05) is 7.11 Å². The third kappa shape index (κ3) is 5.07. The zero-order valence-corrected chi connectivity index (χ0v) is 23.9. The topological polar surface area (TPSA) is 38.3 Å². The number of hydrogen-bond acceptors (Lipinski definition) is 2. The number of rotatable bonds is 5. The van der Waals surface area contributed by atoms with E-state index in [1.54, 1.807) is 7.11 Å². The van der Waals surface area contributed by atoms with E-state index in [0.29, 0.717) is 0 Å². The highest BCUT2D eigenvalue weighted by Gasteiger charge is 2.23. The molecular weight excluding hydrogens is 462 g/mol. The Morgan fingerprint density at radius 2 is 1.22 bits per heavy atom. The van der Waals surface area contributed by atoms with Crippen molar-refractivity contribution in [1.82, 2.24) is 4.72 Å². The normalized spacial score (nSPS) is 13.5. The summed E-state index contributed by atoms with van der Waals surface area (Å²) in [5.74, 6) is 0.779. The van der Waals surface area contributed by atoms with Crippen molar-refractivity contribution < 1.29 is 8.95 Å². The van der Waals surface area contributed by atoms with E-state index in [-0.39, 0.29) is 16.9 Å². The zero-order chi connectivity index (χ0) is 26.4. The maximum atomic E-state index is 13.6. The SMILES string of the molecule is COc1ccc2cc(C(C)(C)C)ccc2c1-c1c(S(=O)NC(C)C)ccc2cc(C(C)(C)C)ccc12. The Bertz CT molecular complexity index is 1460. The molecule has 4 heteroatoms. The van der Waals surface area contributed by atoms with Gasteiger partial charge in [-0.3, -0.25) is 0 Å². The van der Waals surface area contributed by atoms with Crippen LogP contribution in [0.15, 0.2) is 65.6 Å². The quantitative estimate of drug-likeness (QED) is 0.299. The van der Waals surface area contributed by atoms with E-state index in [1.807, 2.05) is 26.0 Å². The van der Waals surface area contributed by atoms with Crippen LogP contribution in [0.1, 0.15) is 66.5 Å². The van der Waals surface area contributed by atoms with Crippen LogP contribution in [0, 0.1) is 0 Å². The van der Waals surface area contributed by atoms with Crippen molar-refractivity contribution in [3.05, 3.63) is 71.8 Å². The summed E-state index contributed by atoms with van der Waals surface area (Å²) >= 11 is 0. The monoisotopic (exact) mass is 501 g/mol. The average molecular weight is 502 g/mol. The lowest BCUT2D eigenvalue weighted by molar-refractivity contribution is 0.417. The van der Waals surface area contributed by atoms with Crippen LogP contribution < -0.4 is 9.46 Å². The molecule has 4 rings (SSSR count). The van der Waals surface area contributed by atoms with Gasteiger partial charge < -0.3 is 4.74 Å². The molecule has 0 bridgehead atoms. The molecule has 0 aliphatic rings. The van der Waals surface area contributed by atoms with Gasteiger partial charge in [0, 0.05) is 17.2 Å². The molecule has 0 saturated carbocycles. The van der Waals surface area contributed by atoms with Crippen molar-refractivity contribution in [2.24, 2.45) is 0 Å². The Labute approximate surface area is 218 Å². The fourth-order valence-electron chi connectivity index (χ4n) is 4.67. The largest absolute Gasteiger partial charge is 0.496 e. The molecule has 0 radical (unpaired) electrons. The highest BCUT2D eigenvalue weighted by atomic mass is 32.2. The Hall–Kier alpha value is -2.69. The smallest absolute Gasteiger partial charge is 0.127 e. The molecule has 1 unspecified atom stereocenters. The summed E-state index contributed by atoms with van der Waals surface area (Å²) in [5.41, 5.74) is 4.59. The number of hydrogen-bond donors (Lipinski definition) is 1. The summed E-state index contributed by atoms with van der Waals surface area (Å²) in [6.45, 7) is 17.4. The Kier molecular flexibility index (Phi) is 7.07. The molecule has 4 aromatic rings. The van der Waals surface area contributed by atoms with Crippen LogP contribution in [-0.4, -0.2) is 17.4 Å². The number of methoxy groups -OCH3 is 1. The summed E-state index contributed by atoms with van der Waals surface area (Å²) in [6, 6.07) is 21.7. The summed E-state index contributed by atoms with van der Waals surface area (Å²) in [7, 11) is 0.327. The van der Waals surface area contributed by atoms with Crippen molar-refractivity contribution in [3.8, 4) is 16.9 Å². The fraction of sp³-hybridized carbons (Fsp3) is 0.375. The van der Waals surface area contributed by atoms with E-state index in [1.165, 1.54) is 11.1 Å². The highest BCUT2D eigenvalue weighted by molar-refractivity contribution is 7.83. The molecule has 0 aromatic heterocycles. The minimum atomic E-state index is -1.38. The molecule has 0 amide bonds. The first-order valence-electron chi connectivity index (χ1n) is 12.7. The van der Waals surface area contributed by atoms with Crippen molar-refractivity contribution >= 4 is 32.5 Å². The molecule has 0 aliphatic carbocycles. The lowest BCUT2D eigenvalue weighted by Crippen LogP contribution is -2.25. The van der Waals surface area contributed by atoms with Gasteiger partial charge in [-0.15, -0.1) is 0 Å². The first-order chi connectivity index (χ1) is 16.8. The van der Waals surface area contributed by atoms with E-state index in [2.05, 4.69) is 94.8 Å². The lowest BCUT2D eigenvalue weighted by atomic mass is 9.83. The number of ether oxygens (including phenoxy) is 1. The van der Waals surface area contributed by atoms with Gasteiger partial charge in [0.2, 0.25) is 0 Å². The molecule has 0 spiro atoms. The Balaban J connectivity index is 2.12. The van der Waals surface area contributed by atoms with Crippen LogP contribution in [0.2, 0.25) is 0 Å². The highest BCUT2D eigenvalue weighted by Crippen LogP contribution is 2.44. The van der Waals surface area contributed by atoms with E-state index >= 15 is 0 Å². The first kappa shape index (κ1) is 26.4. The lowest BCUT2D eigenvalue weighted by Gasteiger charge is -2.23. The van der Waals surface area contributed by atoms with Crippen LogP contribution in [0.3, 0.4) is 0 Å². The maximum absolute atomic E-state index is 13.6. The van der Waals surface area contributed by atoms with Crippen molar-refractivity contribution in [1.29, 1.82) is 0 Å². The average Bonchev–Trinajstić information content (AvgIpc) is 2.80. The second-order valence-corrected chi connectivity index (χ2v) is 13.2. The van der Waals surface area contributed by atoms with Crippen LogP contribution in [0.5, 0.6) is 5.75 Å². The number of fused-ring (bicyclic) bond motifs is 2. The van der Waals surface area contributed by atoms with E-state index in [9.17, 15) is 4.21 Å². The molecule has 4 aromatic carbocycles. The molecule has 0 heterocycles. The molecule has 0 aliphatic heterocycles. The van der Waals surface area contributed by atoms with Crippen LogP contribution in [-0.2, 0) is 21.8 Å². The number of nitrogens with one attached hydrogen (secondary N) is 1. The predicted molar refractivity (Wildman–Crippen MR) is 156 cm³/mol. The molecule has 190 valence electrons. The van der Waals surface area contributed by atoms with Gasteiger partial charge >= 0.3 is 0 Å². The minimum absolute atomic E-state index is 0.0372. The summed E-state index contributed by atoms with van der Waals surface area (Å²) < 4.78 is 22.7. The van der Waals surface area contributed by atoms with Crippen LogP contribution in [0.25, 0.3) is 32.7 Å². The molecule has 0 fully saturated rings. The fourth-order valence-corrected chi connectivity index (χ4v) is 5.81. The second-order valence-electron chi connectivity index (χ2n) is 12.0. The second kappa shape index (κ2) is 9.64. The summed E-state index contributed by atoms with van der Waals surface area (Å²) in [4.78, 5) is 0.769. The zero-order valence-electron chi connectivity index (χ0n) is 23.1. The summed E-state index contributed by atoms with van der Waals surface area (Å²) in [5, 5.41) is 4.45. The van der Waals surface area contributed by atoms with Crippen molar-refractivity contribution in [3.63, 3.8) is 0 Å².